The lowest BCUT2D eigenvalue weighted by Crippen LogP contribution is -2.56. The number of aryl methyl sites for hydroxylation is 2. The average Bonchev–Trinajstić information content (AvgIpc) is 3.43. The fraction of sp³-hybridized carbons (Fsp3) is 0.333. The summed E-state index contributed by atoms with van der Waals surface area (Å²) in [5.74, 6) is 2.28. The van der Waals surface area contributed by atoms with E-state index in [1.54, 1.807) is 11.8 Å². The second-order valence-corrected chi connectivity index (χ2v) is 11.7. The molecular weight excluding hydrogens is 546 g/mol. The Morgan fingerprint density at radius 1 is 0.881 bits per heavy atom. The van der Waals surface area contributed by atoms with Gasteiger partial charge in [-0.2, -0.15) is 0 Å². The monoisotopic (exact) mass is 583 g/mol. The molecule has 3 aromatic carbocycles. The predicted octanol–water partition coefficient (Wildman–Crippen LogP) is 5.56. The van der Waals surface area contributed by atoms with E-state index < -0.39 is 0 Å². The summed E-state index contributed by atoms with van der Waals surface area (Å²) in [6.07, 6.45) is 1.18. The van der Waals surface area contributed by atoms with Crippen molar-refractivity contribution >= 4 is 23.6 Å². The van der Waals surface area contributed by atoms with Crippen molar-refractivity contribution in [1.82, 2.24) is 24.6 Å². The van der Waals surface area contributed by atoms with Gasteiger partial charge in [-0.1, -0.05) is 77.5 Å². The lowest BCUT2D eigenvalue weighted by atomic mass is 10.1. The number of para-hydroxylation sites is 1. The molecule has 42 heavy (non-hydrogen) atoms. The molecule has 1 aromatic heterocycles. The Balaban J connectivity index is 1.14. The van der Waals surface area contributed by atoms with Crippen LogP contribution in [0.4, 0.5) is 0 Å². The number of aromatic nitrogens is 3. The van der Waals surface area contributed by atoms with Crippen LogP contribution >= 0.6 is 11.8 Å². The number of ether oxygens (including phenoxy) is 1. The van der Waals surface area contributed by atoms with Crippen LogP contribution in [0.15, 0.2) is 84.0 Å². The smallest absolute Gasteiger partial charge is 0.260 e. The van der Waals surface area contributed by atoms with Gasteiger partial charge in [0.1, 0.15) is 5.75 Å². The summed E-state index contributed by atoms with van der Waals surface area (Å²) in [6.45, 7) is 7.71. The number of carbonyl (C=O) groups is 2. The number of carbonyl (C=O) groups excluding carboxylic acids is 2. The summed E-state index contributed by atoms with van der Waals surface area (Å²) in [4.78, 5) is 29.5. The largest absolute Gasteiger partial charge is 0.484 e. The van der Waals surface area contributed by atoms with Crippen molar-refractivity contribution in [3.63, 3.8) is 0 Å². The Hall–Kier alpha value is -4.11. The topological polar surface area (TPSA) is 80.6 Å². The minimum absolute atomic E-state index is 0.00163. The molecule has 1 aliphatic heterocycles. The molecule has 218 valence electrons. The van der Waals surface area contributed by atoms with Crippen LogP contribution in [0.5, 0.6) is 5.75 Å². The van der Waals surface area contributed by atoms with Gasteiger partial charge in [-0.25, -0.2) is 0 Å². The first kappa shape index (κ1) is 29.4. The van der Waals surface area contributed by atoms with Gasteiger partial charge in [0, 0.05) is 49.1 Å². The summed E-state index contributed by atoms with van der Waals surface area (Å²) >= 11 is 1.61. The zero-order valence-corrected chi connectivity index (χ0v) is 25.2. The van der Waals surface area contributed by atoms with Gasteiger partial charge in [0.15, 0.2) is 17.6 Å². The molecule has 2 heterocycles. The molecule has 1 atom stereocenters. The summed E-state index contributed by atoms with van der Waals surface area (Å²) in [6, 6.07) is 25.9. The molecule has 9 heteroatoms. The van der Waals surface area contributed by atoms with Crippen molar-refractivity contribution in [2.45, 2.75) is 44.8 Å². The van der Waals surface area contributed by atoms with E-state index in [1.165, 1.54) is 11.1 Å². The van der Waals surface area contributed by atoms with E-state index in [4.69, 9.17) is 4.74 Å². The summed E-state index contributed by atoms with van der Waals surface area (Å²) < 4.78 is 7.73. The first-order chi connectivity index (χ1) is 20.4. The van der Waals surface area contributed by atoms with Gasteiger partial charge in [0.05, 0.1) is 0 Å². The third-order valence-corrected chi connectivity index (χ3v) is 8.42. The molecule has 0 saturated carbocycles. The van der Waals surface area contributed by atoms with Crippen LogP contribution in [0.25, 0.3) is 17.1 Å². The van der Waals surface area contributed by atoms with E-state index in [2.05, 4.69) is 77.1 Å². The fourth-order valence-corrected chi connectivity index (χ4v) is 5.91. The number of amides is 2. The molecule has 5 rings (SSSR count). The molecule has 0 spiro atoms. The third-order valence-electron chi connectivity index (χ3n) is 7.41. The van der Waals surface area contributed by atoms with Gasteiger partial charge >= 0.3 is 0 Å². The first-order valence-electron chi connectivity index (χ1n) is 14.4. The Morgan fingerprint density at radius 2 is 1.57 bits per heavy atom. The molecule has 0 N–H and O–H groups in total. The van der Waals surface area contributed by atoms with Crippen LogP contribution in [-0.4, -0.2) is 74.4 Å². The second-order valence-electron chi connectivity index (χ2n) is 10.7. The van der Waals surface area contributed by atoms with Crippen LogP contribution in [0.2, 0.25) is 0 Å². The lowest BCUT2D eigenvalue weighted by Gasteiger charge is -2.39. The zero-order valence-electron chi connectivity index (χ0n) is 24.4. The van der Waals surface area contributed by atoms with Crippen molar-refractivity contribution in [2.24, 2.45) is 0 Å². The Bertz CT molecular complexity index is 1490. The van der Waals surface area contributed by atoms with Gasteiger partial charge in [-0.05, 0) is 51.5 Å². The number of thioether (sulfide) groups is 1. The maximum Gasteiger partial charge on any atom is 0.260 e. The molecular formula is C33H37N5O3S. The van der Waals surface area contributed by atoms with Crippen LogP contribution in [0.1, 0.15) is 30.9 Å². The van der Waals surface area contributed by atoms with Crippen molar-refractivity contribution in [1.29, 1.82) is 0 Å². The number of piperazine rings is 1. The predicted molar refractivity (Wildman–Crippen MR) is 166 cm³/mol. The van der Waals surface area contributed by atoms with Crippen LogP contribution in [-0.2, 0) is 9.59 Å². The molecule has 0 radical (unpaired) electrons. The molecule has 1 unspecified atom stereocenters. The van der Waals surface area contributed by atoms with Crippen LogP contribution in [0.3, 0.4) is 0 Å². The Labute approximate surface area is 251 Å². The van der Waals surface area contributed by atoms with Crippen molar-refractivity contribution in [2.75, 3.05) is 32.0 Å². The van der Waals surface area contributed by atoms with E-state index in [0.29, 0.717) is 31.8 Å². The minimum atomic E-state index is -0.0581. The molecule has 1 fully saturated rings. The highest BCUT2D eigenvalue weighted by Gasteiger charge is 2.29. The number of benzene rings is 3. The van der Waals surface area contributed by atoms with Gasteiger partial charge in [-0.3, -0.25) is 14.2 Å². The maximum atomic E-state index is 13.0. The molecule has 2 amide bonds. The number of nitrogens with zero attached hydrogens (tertiary/aromatic N) is 5. The number of rotatable bonds is 10. The molecule has 8 nitrogen and oxygen atoms in total. The lowest BCUT2D eigenvalue weighted by molar-refractivity contribution is -0.143. The van der Waals surface area contributed by atoms with E-state index >= 15 is 0 Å². The van der Waals surface area contributed by atoms with Crippen molar-refractivity contribution < 1.29 is 14.3 Å². The molecule has 1 aliphatic rings. The van der Waals surface area contributed by atoms with Crippen LogP contribution < -0.4 is 4.74 Å². The van der Waals surface area contributed by atoms with E-state index in [-0.39, 0.29) is 24.5 Å². The van der Waals surface area contributed by atoms with Crippen molar-refractivity contribution in [3.8, 4) is 22.8 Å². The van der Waals surface area contributed by atoms with E-state index in [0.717, 1.165) is 34.4 Å². The fourth-order valence-electron chi connectivity index (χ4n) is 5.02. The highest BCUT2D eigenvalue weighted by Crippen LogP contribution is 2.29. The molecule has 1 saturated heterocycles. The van der Waals surface area contributed by atoms with E-state index in [1.807, 2.05) is 47.1 Å². The highest BCUT2D eigenvalue weighted by atomic mass is 32.2. The SMILES string of the molecule is Cc1ccc(-c2nnc(SCCCC(=O)N3CCN(C(=O)COc4ccccc4)C(C)C3)n2-c2ccc(C)cc2)cc1. The molecule has 0 aliphatic carbocycles. The van der Waals surface area contributed by atoms with Gasteiger partial charge in [0.25, 0.3) is 5.91 Å². The average molecular weight is 584 g/mol. The van der Waals surface area contributed by atoms with E-state index in [9.17, 15) is 9.59 Å². The van der Waals surface area contributed by atoms with Gasteiger partial charge in [0.2, 0.25) is 5.91 Å². The third kappa shape index (κ3) is 7.20. The highest BCUT2D eigenvalue weighted by molar-refractivity contribution is 7.99. The Kier molecular flexibility index (Phi) is 9.59. The second kappa shape index (κ2) is 13.7. The Morgan fingerprint density at radius 3 is 2.26 bits per heavy atom. The van der Waals surface area contributed by atoms with Crippen molar-refractivity contribution in [3.05, 3.63) is 90.0 Å². The number of hydrogen-bond donors (Lipinski definition) is 0. The maximum absolute atomic E-state index is 13.0. The normalized spacial score (nSPS) is 15.1. The van der Waals surface area contributed by atoms with Gasteiger partial charge in [-0.15, -0.1) is 10.2 Å². The summed E-state index contributed by atoms with van der Waals surface area (Å²) in [5, 5.41) is 9.87. The van der Waals surface area contributed by atoms with Crippen LogP contribution in [0, 0.1) is 13.8 Å². The zero-order chi connectivity index (χ0) is 29.5. The first-order valence-corrected chi connectivity index (χ1v) is 15.3. The summed E-state index contributed by atoms with van der Waals surface area (Å²) in [5.41, 5.74) is 4.40. The quantitative estimate of drug-likeness (QED) is 0.180. The standard InChI is InChI=1S/C33H37N5O3S/c1-24-11-15-27(16-12-24)32-34-35-33(38(32)28-17-13-25(2)14-18-28)42-21-7-10-30(39)36-19-20-37(26(3)22-36)31(40)23-41-29-8-5-4-6-9-29/h4-6,8-9,11-18,26H,7,10,19-23H2,1-3H3. The molecule has 0 bridgehead atoms. The minimum Gasteiger partial charge on any atom is -0.484 e. The van der Waals surface area contributed by atoms with Gasteiger partial charge < -0.3 is 14.5 Å². The molecule has 4 aromatic rings. The summed E-state index contributed by atoms with van der Waals surface area (Å²) in [7, 11) is 0. The number of hydrogen-bond acceptors (Lipinski definition) is 6.